The van der Waals surface area contributed by atoms with E-state index in [9.17, 15) is 9.59 Å². The molecule has 1 atom stereocenters. The summed E-state index contributed by atoms with van der Waals surface area (Å²) in [5, 5.41) is 4.23. The fourth-order valence-corrected chi connectivity index (χ4v) is 5.36. The second kappa shape index (κ2) is 18.8. The van der Waals surface area contributed by atoms with E-state index in [1.807, 2.05) is 74.5 Å². The number of halogens is 1. The Morgan fingerprint density at radius 2 is 1.50 bits per heavy atom. The fraction of sp³-hybridized carbons (Fsp3) is 0.562. The molecule has 7 nitrogen and oxygen atoms in total. The van der Waals surface area contributed by atoms with E-state index < -0.39 is 6.09 Å². The van der Waals surface area contributed by atoms with Crippen LogP contribution in [0.15, 0.2) is 60.7 Å². The van der Waals surface area contributed by atoms with Crippen LogP contribution in [0.4, 0.5) is 4.79 Å². The zero-order chi connectivity index (χ0) is 27.9. The monoisotopic (exact) mass is 572 g/mol. The van der Waals surface area contributed by atoms with Gasteiger partial charge in [0.15, 0.2) is 0 Å². The molecule has 2 aromatic rings. The van der Waals surface area contributed by atoms with Crippen molar-refractivity contribution in [3.63, 3.8) is 0 Å². The molecule has 2 amide bonds. The number of hydrogen-bond donors (Lipinski definition) is 1. The van der Waals surface area contributed by atoms with E-state index >= 15 is 0 Å². The first kappa shape index (κ1) is 33.8. The molecule has 0 aliphatic carbocycles. The van der Waals surface area contributed by atoms with Gasteiger partial charge in [-0.3, -0.25) is 4.79 Å². The number of rotatable bonds is 7. The molecule has 5 rings (SSSR count). The summed E-state index contributed by atoms with van der Waals surface area (Å²) in [6.45, 7) is 12.6. The lowest BCUT2D eigenvalue weighted by Crippen LogP contribution is -2.49. The number of nitrogens with zero attached hydrogens (tertiary/aromatic N) is 3. The molecule has 40 heavy (non-hydrogen) atoms. The van der Waals surface area contributed by atoms with Crippen molar-refractivity contribution in [2.75, 3.05) is 59.0 Å². The third kappa shape index (κ3) is 11.2. The first-order chi connectivity index (χ1) is 19.1. The molecule has 0 radical (unpaired) electrons. The van der Waals surface area contributed by atoms with Gasteiger partial charge in [-0.15, -0.1) is 0 Å². The van der Waals surface area contributed by atoms with E-state index in [-0.39, 0.29) is 26.0 Å². The standard InChI is InChI=1S/C23H34N4O3.C6H5Cl.C2H6.CH4/c28-22(27-21(18-30-23(27)29)16-19-4-2-1-3-5-19)8-11-25-12-14-26(15-13-25)17-20-6-9-24-10-7-20;7-6-4-2-1-3-5-6;1-2;/h1-5,20-21,24H,6-18H2;1-5H;1-2H3;1H4. The van der Waals surface area contributed by atoms with Gasteiger partial charge in [0.1, 0.15) is 6.61 Å². The van der Waals surface area contributed by atoms with Crippen LogP contribution in [-0.2, 0) is 16.0 Å². The summed E-state index contributed by atoms with van der Waals surface area (Å²) >= 11 is 5.54. The van der Waals surface area contributed by atoms with E-state index in [0.717, 1.165) is 55.8 Å². The number of piperazine rings is 1. The number of nitrogens with one attached hydrogen (secondary N) is 1. The van der Waals surface area contributed by atoms with Gasteiger partial charge in [-0.05, 0) is 56.0 Å². The molecule has 3 heterocycles. The molecule has 3 aliphatic rings. The number of imide groups is 1. The maximum atomic E-state index is 12.8. The molecule has 0 aromatic heterocycles. The van der Waals surface area contributed by atoms with Crippen LogP contribution in [0.25, 0.3) is 0 Å². The Morgan fingerprint density at radius 3 is 2.08 bits per heavy atom. The number of carbonyl (C=O) groups excluding carboxylic acids is 2. The van der Waals surface area contributed by atoms with Crippen LogP contribution < -0.4 is 5.32 Å². The minimum absolute atomic E-state index is 0. The van der Waals surface area contributed by atoms with Crippen molar-refractivity contribution in [2.24, 2.45) is 5.92 Å². The minimum Gasteiger partial charge on any atom is -0.447 e. The topological polar surface area (TPSA) is 65.1 Å². The highest BCUT2D eigenvalue weighted by Gasteiger charge is 2.37. The van der Waals surface area contributed by atoms with Crippen LogP contribution >= 0.6 is 11.6 Å². The van der Waals surface area contributed by atoms with E-state index in [1.165, 1.54) is 24.3 Å². The van der Waals surface area contributed by atoms with Crippen molar-refractivity contribution in [3.05, 3.63) is 71.2 Å². The van der Waals surface area contributed by atoms with Crippen molar-refractivity contribution >= 4 is 23.6 Å². The van der Waals surface area contributed by atoms with Gasteiger partial charge in [-0.1, -0.05) is 81.4 Å². The van der Waals surface area contributed by atoms with Gasteiger partial charge in [-0.25, -0.2) is 9.69 Å². The number of benzene rings is 2. The molecule has 3 saturated heterocycles. The van der Waals surface area contributed by atoms with Crippen LogP contribution in [0.2, 0.25) is 5.02 Å². The van der Waals surface area contributed by atoms with Gasteiger partial charge < -0.3 is 19.9 Å². The number of amides is 2. The van der Waals surface area contributed by atoms with Gasteiger partial charge in [0.2, 0.25) is 5.91 Å². The van der Waals surface area contributed by atoms with Gasteiger partial charge in [-0.2, -0.15) is 0 Å². The Kier molecular flexibility index (Phi) is 15.9. The highest BCUT2D eigenvalue weighted by molar-refractivity contribution is 6.30. The van der Waals surface area contributed by atoms with Crippen LogP contribution in [0.5, 0.6) is 0 Å². The summed E-state index contributed by atoms with van der Waals surface area (Å²) in [4.78, 5) is 31.2. The Bertz CT molecular complexity index is 965. The van der Waals surface area contributed by atoms with E-state index in [2.05, 4.69) is 15.1 Å². The molecule has 1 N–H and O–H groups in total. The normalized spacial score (nSPS) is 19.8. The maximum absolute atomic E-state index is 12.8. The third-order valence-corrected chi connectivity index (χ3v) is 7.61. The average molecular weight is 573 g/mol. The van der Waals surface area contributed by atoms with Crippen molar-refractivity contribution < 1.29 is 14.3 Å². The van der Waals surface area contributed by atoms with Gasteiger partial charge in [0.25, 0.3) is 0 Å². The van der Waals surface area contributed by atoms with Gasteiger partial charge >= 0.3 is 6.09 Å². The van der Waals surface area contributed by atoms with Crippen LogP contribution in [0.1, 0.15) is 46.1 Å². The SMILES string of the molecule is C.CC.Clc1ccccc1.O=C(CCN1CCN(CC2CCNCC2)CC1)N1C(=O)OCC1Cc1ccccc1. The predicted molar refractivity (Wildman–Crippen MR) is 165 cm³/mol. The number of piperidine rings is 1. The summed E-state index contributed by atoms with van der Waals surface area (Å²) < 4.78 is 5.19. The molecular formula is C32H49ClN4O3. The van der Waals surface area contributed by atoms with Gasteiger partial charge in [0, 0.05) is 50.7 Å². The Morgan fingerprint density at radius 1 is 0.925 bits per heavy atom. The number of hydrogen-bond acceptors (Lipinski definition) is 6. The molecule has 0 bridgehead atoms. The van der Waals surface area contributed by atoms with E-state index in [1.54, 1.807) is 0 Å². The lowest BCUT2D eigenvalue weighted by Gasteiger charge is -2.37. The highest BCUT2D eigenvalue weighted by Crippen LogP contribution is 2.19. The maximum Gasteiger partial charge on any atom is 0.416 e. The molecule has 1 unspecified atom stereocenters. The lowest BCUT2D eigenvalue weighted by molar-refractivity contribution is -0.129. The summed E-state index contributed by atoms with van der Waals surface area (Å²) in [5.74, 6) is 0.706. The van der Waals surface area contributed by atoms with Crippen molar-refractivity contribution in [1.82, 2.24) is 20.0 Å². The largest absolute Gasteiger partial charge is 0.447 e. The van der Waals surface area contributed by atoms with Crippen LogP contribution in [0.3, 0.4) is 0 Å². The minimum atomic E-state index is -0.493. The van der Waals surface area contributed by atoms with E-state index in [0.29, 0.717) is 19.4 Å². The van der Waals surface area contributed by atoms with Crippen LogP contribution in [0, 0.1) is 5.92 Å². The van der Waals surface area contributed by atoms with E-state index in [4.69, 9.17) is 16.3 Å². The first-order valence-electron chi connectivity index (χ1n) is 14.5. The average Bonchev–Trinajstić information content (AvgIpc) is 3.35. The summed E-state index contributed by atoms with van der Waals surface area (Å²) in [6, 6.07) is 19.2. The first-order valence-corrected chi connectivity index (χ1v) is 14.8. The fourth-order valence-electron chi connectivity index (χ4n) is 5.22. The molecule has 3 aliphatic heterocycles. The number of cyclic esters (lactones) is 1. The highest BCUT2D eigenvalue weighted by atomic mass is 35.5. The third-order valence-electron chi connectivity index (χ3n) is 7.36. The molecule has 0 spiro atoms. The Labute approximate surface area is 246 Å². The quantitative estimate of drug-likeness (QED) is 0.467. The number of ether oxygens (including phenoxy) is 1. The smallest absolute Gasteiger partial charge is 0.416 e. The number of carbonyl (C=O) groups is 2. The molecule has 8 heteroatoms. The lowest BCUT2D eigenvalue weighted by atomic mass is 9.97. The Balaban J connectivity index is 0.000000484. The molecular weight excluding hydrogens is 524 g/mol. The molecule has 222 valence electrons. The predicted octanol–water partition coefficient (Wildman–Crippen LogP) is 5.59. The molecule has 3 fully saturated rings. The van der Waals surface area contributed by atoms with Crippen LogP contribution in [-0.4, -0.2) is 91.7 Å². The molecule has 0 saturated carbocycles. The summed E-state index contributed by atoms with van der Waals surface area (Å²) in [7, 11) is 0. The van der Waals surface area contributed by atoms with Gasteiger partial charge in [0.05, 0.1) is 6.04 Å². The second-order valence-electron chi connectivity index (χ2n) is 10.1. The summed E-state index contributed by atoms with van der Waals surface area (Å²) in [5.41, 5.74) is 1.11. The van der Waals surface area contributed by atoms with Crippen molar-refractivity contribution in [2.45, 2.75) is 53.0 Å². The zero-order valence-corrected chi connectivity index (χ0v) is 24.3. The summed E-state index contributed by atoms with van der Waals surface area (Å²) in [6.07, 6.45) is 3.09. The Hall–Kier alpha value is -2.45. The molecule has 2 aromatic carbocycles. The zero-order valence-electron chi connectivity index (χ0n) is 23.6. The van der Waals surface area contributed by atoms with Crippen molar-refractivity contribution in [3.8, 4) is 0 Å². The second-order valence-corrected chi connectivity index (χ2v) is 10.5. The van der Waals surface area contributed by atoms with Crippen molar-refractivity contribution in [1.29, 1.82) is 0 Å².